The summed E-state index contributed by atoms with van der Waals surface area (Å²) in [5.74, 6) is 0.0630. The number of hydrogen-bond acceptors (Lipinski definition) is 4. The van der Waals surface area contributed by atoms with Crippen LogP contribution in [0.15, 0.2) is 35.0 Å². The predicted molar refractivity (Wildman–Crippen MR) is 92.4 cm³/mol. The SMILES string of the molecule is NC(=O)N[C@H](CC(=O)N1CCC[C@@H]1c1cccs1)c1cccs1. The van der Waals surface area contributed by atoms with Crippen LogP contribution in [0.1, 0.15) is 41.1 Å². The van der Waals surface area contributed by atoms with Gasteiger partial charge < -0.3 is 16.0 Å². The zero-order valence-electron chi connectivity index (χ0n) is 12.6. The minimum Gasteiger partial charge on any atom is -0.352 e. The Kier molecular flexibility index (Phi) is 4.97. The summed E-state index contributed by atoms with van der Waals surface area (Å²) < 4.78 is 0. The molecule has 2 atom stereocenters. The molecule has 1 fully saturated rings. The number of likely N-dealkylation sites (tertiary alicyclic amines) is 1. The number of primary amides is 1. The molecule has 1 aliphatic rings. The minimum atomic E-state index is -0.604. The van der Waals surface area contributed by atoms with E-state index in [1.165, 1.54) is 16.2 Å². The zero-order valence-corrected chi connectivity index (χ0v) is 14.2. The molecular formula is C16H19N3O2S2. The molecule has 0 bridgehead atoms. The molecule has 3 N–H and O–H groups in total. The Hall–Kier alpha value is -1.86. The van der Waals surface area contributed by atoms with Crippen LogP contribution in [-0.4, -0.2) is 23.4 Å². The average molecular weight is 349 g/mol. The highest BCUT2D eigenvalue weighted by Gasteiger charge is 2.32. The summed E-state index contributed by atoms with van der Waals surface area (Å²) in [5, 5.41) is 6.66. The van der Waals surface area contributed by atoms with Crippen LogP contribution in [-0.2, 0) is 4.79 Å². The predicted octanol–water partition coefficient (Wildman–Crippen LogP) is 3.27. The number of thiophene rings is 2. The number of nitrogens with one attached hydrogen (secondary N) is 1. The standard InChI is InChI=1S/C16H19N3O2S2/c17-16(21)18-11(13-5-2-8-22-13)10-15(20)19-7-1-4-12(19)14-6-3-9-23-14/h2-3,5-6,8-9,11-12H,1,4,7,10H2,(H3,17,18,21)/t11-,12-/m1/s1. The summed E-state index contributed by atoms with van der Waals surface area (Å²) in [6.07, 6.45) is 2.26. The number of nitrogens with zero attached hydrogens (tertiary/aromatic N) is 1. The molecular weight excluding hydrogens is 330 g/mol. The van der Waals surface area contributed by atoms with E-state index in [1.807, 2.05) is 33.9 Å². The van der Waals surface area contributed by atoms with Crippen LogP contribution >= 0.6 is 22.7 Å². The van der Waals surface area contributed by atoms with Crippen molar-refractivity contribution in [1.82, 2.24) is 10.2 Å². The third kappa shape index (κ3) is 3.73. The molecule has 2 aromatic rings. The first-order valence-electron chi connectivity index (χ1n) is 7.57. The van der Waals surface area contributed by atoms with Gasteiger partial charge in [-0.15, -0.1) is 22.7 Å². The second-order valence-electron chi connectivity index (χ2n) is 5.54. The normalized spacial score (nSPS) is 18.8. The van der Waals surface area contributed by atoms with Crippen LogP contribution in [0.25, 0.3) is 0 Å². The first-order valence-corrected chi connectivity index (χ1v) is 9.33. The van der Waals surface area contributed by atoms with E-state index in [1.54, 1.807) is 11.3 Å². The quantitative estimate of drug-likeness (QED) is 0.869. The highest BCUT2D eigenvalue weighted by atomic mass is 32.1. The number of nitrogens with two attached hydrogens (primary N) is 1. The molecule has 3 amide bonds. The van der Waals surface area contributed by atoms with Gasteiger partial charge in [-0.2, -0.15) is 0 Å². The molecule has 1 aliphatic heterocycles. The second-order valence-corrected chi connectivity index (χ2v) is 7.50. The zero-order chi connectivity index (χ0) is 16.2. The van der Waals surface area contributed by atoms with E-state index in [-0.39, 0.29) is 24.4 Å². The number of hydrogen-bond donors (Lipinski definition) is 2. The van der Waals surface area contributed by atoms with Gasteiger partial charge in [0.1, 0.15) is 0 Å². The second kappa shape index (κ2) is 7.14. The minimum absolute atomic E-state index is 0.0630. The summed E-state index contributed by atoms with van der Waals surface area (Å²) in [5.41, 5.74) is 5.26. The highest BCUT2D eigenvalue weighted by molar-refractivity contribution is 7.10. The van der Waals surface area contributed by atoms with Crippen LogP contribution < -0.4 is 11.1 Å². The van der Waals surface area contributed by atoms with Gasteiger partial charge in [-0.1, -0.05) is 12.1 Å². The largest absolute Gasteiger partial charge is 0.352 e. The molecule has 0 unspecified atom stereocenters. The Labute approximate surface area is 143 Å². The van der Waals surface area contributed by atoms with Gasteiger partial charge in [0.15, 0.2) is 0 Å². The van der Waals surface area contributed by atoms with Crippen LogP contribution in [0.5, 0.6) is 0 Å². The monoisotopic (exact) mass is 349 g/mol. The number of carbonyl (C=O) groups is 2. The molecule has 23 heavy (non-hydrogen) atoms. The molecule has 2 aromatic heterocycles. The maximum absolute atomic E-state index is 12.8. The fraction of sp³-hybridized carbons (Fsp3) is 0.375. The van der Waals surface area contributed by atoms with Crippen LogP contribution in [0.4, 0.5) is 4.79 Å². The van der Waals surface area contributed by atoms with E-state index in [0.717, 1.165) is 24.3 Å². The number of amides is 3. The fourth-order valence-corrected chi connectivity index (χ4v) is 4.67. The number of rotatable bonds is 5. The molecule has 5 nitrogen and oxygen atoms in total. The van der Waals surface area contributed by atoms with Gasteiger partial charge in [0.25, 0.3) is 0 Å². The van der Waals surface area contributed by atoms with E-state index in [2.05, 4.69) is 11.4 Å². The maximum Gasteiger partial charge on any atom is 0.312 e. The van der Waals surface area contributed by atoms with Crippen molar-refractivity contribution in [2.24, 2.45) is 5.73 Å². The smallest absolute Gasteiger partial charge is 0.312 e. The van der Waals surface area contributed by atoms with E-state index >= 15 is 0 Å². The lowest BCUT2D eigenvalue weighted by Gasteiger charge is -2.26. The van der Waals surface area contributed by atoms with Gasteiger partial charge in [0.2, 0.25) is 5.91 Å². The van der Waals surface area contributed by atoms with Crippen LogP contribution in [0.3, 0.4) is 0 Å². The van der Waals surface area contributed by atoms with Crippen molar-refractivity contribution >= 4 is 34.6 Å². The molecule has 3 heterocycles. The molecule has 0 aliphatic carbocycles. The average Bonchev–Trinajstić information content (AvgIpc) is 3.25. The molecule has 0 radical (unpaired) electrons. The van der Waals surface area contributed by atoms with Crippen molar-refractivity contribution in [1.29, 1.82) is 0 Å². The number of carbonyl (C=O) groups excluding carboxylic acids is 2. The summed E-state index contributed by atoms with van der Waals surface area (Å²) in [4.78, 5) is 28.1. The first-order chi connectivity index (χ1) is 11.1. The van der Waals surface area contributed by atoms with Gasteiger partial charge in [-0.3, -0.25) is 4.79 Å². The lowest BCUT2D eigenvalue weighted by atomic mass is 10.1. The summed E-state index contributed by atoms with van der Waals surface area (Å²) >= 11 is 3.20. The van der Waals surface area contributed by atoms with E-state index in [0.29, 0.717) is 0 Å². The van der Waals surface area contributed by atoms with Gasteiger partial charge in [0, 0.05) is 16.3 Å². The summed E-state index contributed by atoms with van der Waals surface area (Å²) in [7, 11) is 0. The van der Waals surface area contributed by atoms with E-state index in [4.69, 9.17) is 5.73 Å². The van der Waals surface area contributed by atoms with E-state index < -0.39 is 6.03 Å². The molecule has 3 rings (SSSR count). The lowest BCUT2D eigenvalue weighted by molar-refractivity contribution is -0.132. The molecule has 1 saturated heterocycles. The molecule has 0 saturated carbocycles. The summed E-state index contributed by atoms with van der Waals surface area (Å²) in [6, 6.07) is 7.13. The lowest BCUT2D eigenvalue weighted by Crippen LogP contribution is -2.37. The van der Waals surface area contributed by atoms with E-state index in [9.17, 15) is 9.59 Å². The Bertz CT molecular complexity index is 655. The number of urea groups is 1. The Balaban J connectivity index is 1.72. The van der Waals surface area contributed by atoms with Crippen molar-refractivity contribution in [3.8, 4) is 0 Å². The summed E-state index contributed by atoms with van der Waals surface area (Å²) in [6.45, 7) is 0.773. The van der Waals surface area contributed by atoms with Crippen molar-refractivity contribution in [2.45, 2.75) is 31.3 Å². The van der Waals surface area contributed by atoms with Crippen molar-refractivity contribution in [3.63, 3.8) is 0 Å². The molecule has 122 valence electrons. The van der Waals surface area contributed by atoms with Crippen molar-refractivity contribution in [3.05, 3.63) is 44.8 Å². The van der Waals surface area contributed by atoms with Crippen molar-refractivity contribution in [2.75, 3.05) is 6.54 Å². The van der Waals surface area contributed by atoms with Gasteiger partial charge in [-0.05, 0) is 35.7 Å². The third-order valence-electron chi connectivity index (χ3n) is 4.03. The Morgan fingerprint density at radius 3 is 2.74 bits per heavy atom. The Morgan fingerprint density at radius 1 is 1.30 bits per heavy atom. The molecule has 0 spiro atoms. The molecule has 7 heteroatoms. The third-order valence-corrected chi connectivity index (χ3v) is 5.99. The Morgan fingerprint density at radius 2 is 2.09 bits per heavy atom. The fourth-order valence-electron chi connectivity index (χ4n) is 3.02. The molecule has 0 aromatic carbocycles. The highest BCUT2D eigenvalue weighted by Crippen LogP contribution is 2.35. The van der Waals surface area contributed by atoms with Gasteiger partial charge >= 0.3 is 6.03 Å². The van der Waals surface area contributed by atoms with Gasteiger partial charge in [-0.25, -0.2) is 4.79 Å². The topological polar surface area (TPSA) is 75.4 Å². The van der Waals surface area contributed by atoms with Gasteiger partial charge in [0.05, 0.1) is 18.5 Å². The van der Waals surface area contributed by atoms with Crippen molar-refractivity contribution < 1.29 is 9.59 Å². The van der Waals surface area contributed by atoms with Crippen LogP contribution in [0, 0.1) is 0 Å². The maximum atomic E-state index is 12.8. The van der Waals surface area contributed by atoms with Crippen LogP contribution in [0.2, 0.25) is 0 Å². The first kappa shape index (κ1) is 16.0.